The summed E-state index contributed by atoms with van der Waals surface area (Å²) in [4.78, 5) is 0. The summed E-state index contributed by atoms with van der Waals surface area (Å²) in [6.45, 7) is 0. The van der Waals surface area contributed by atoms with Gasteiger partial charge in [0.2, 0.25) is 0 Å². The van der Waals surface area contributed by atoms with Crippen LogP contribution in [0.4, 0.5) is 0 Å². The lowest BCUT2D eigenvalue weighted by molar-refractivity contribution is -0.459. The van der Waals surface area contributed by atoms with Crippen LogP contribution in [0.15, 0.2) is 0 Å². The molecule has 3 heteroatoms. The summed E-state index contributed by atoms with van der Waals surface area (Å²) in [7, 11) is 0. The van der Waals surface area contributed by atoms with Gasteiger partial charge in [-0.05, 0) is 12.8 Å². The molecule has 0 amide bonds. The standard InChI is InChI=1S/C13H24N2.ClH/c14-12-13(15)10-8-6-4-2-1-3-5-7-9-11-13;/h1-11,15H2;1H. The number of hydrogen-bond donors (Lipinski definition) is 1. The predicted octanol–water partition coefficient (Wildman–Crippen LogP) is -0.201. The Bertz CT molecular complexity index is 198. The van der Waals surface area contributed by atoms with E-state index in [0.717, 1.165) is 12.8 Å². The van der Waals surface area contributed by atoms with Crippen LogP contribution in [0.3, 0.4) is 0 Å². The Morgan fingerprint density at radius 3 is 1.38 bits per heavy atom. The van der Waals surface area contributed by atoms with Crippen LogP contribution in [0, 0.1) is 11.3 Å². The molecule has 1 saturated carbocycles. The van der Waals surface area contributed by atoms with Gasteiger partial charge in [0.1, 0.15) is 6.07 Å². The fourth-order valence-corrected chi connectivity index (χ4v) is 2.40. The van der Waals surface area contributed by atoms with Gasteiger partial charge in [-0.1, -0.05) is 44.9 Å². The lowest BCUT2D eigenvalue weighted by Gasteiger charge is -2.18. The summed E-state index contributed by atoms with van der Waals surface area (Å²) in [5, 5.41) is 9.14. The van der Waals surface area contributed by atoms with Crippen molar-refractivity contribution < 1.29 is 18.1 Å². The Labute approximate surface area is 106 Å². The molecule has 16 heavy (non-hydrogen) atoms. The number of nitriles is 1. The Morgan fingerprint density at radius 1 is 0.750 bits per heavy atom. The summed E-state index contributed by atoms with van der Waals surface area (Å²) in [5.74, 6) is 0. The van der Waals surface area contributed by atoms with Gasteiger partial charge in [0.25, 0.3) is 0 Å². The first-order valence-corrected chi connectivity index (χ1v) is 6.53. The molecule has 0 radical (unpaired) electrons. The molecule has 0 atom stereocenters. The molecule has 94 valence electrons. The molecule has 0 aromatic carbocycles. The van der Waals surface area contributed by atoms with Crippen LogP contribution in [0.25, 0.3) is 0 Å². The predicted molar refractivity (Wildman–Crippen MR) is 62.0 cm³/mol. The molecule has 1 rings (SSSR count). The van der Waals surface area contributed by atoms with Gasteiger partial charge in [0, 0.05) is 12.8 Å². The highest BCUT2D eigenvalue weighted by Gasteiger charge is 2.27. The average molecular weight is 245 g/mol. The van der Waals surface area contributed by atoms with Crippen molar-refractivity contribution in [3.8, 4) is 6.07 Å². The molecule has 3 N–H and O–H groups in total. The normalized spacial score (nSPS) is 23.0. The zero-order valence-electron chi connectivity index (χ0n) is 10.3. The lowest BCUT2D eigenvalue weighted by Crippen LogP contribution is -3.00. The van der Waals surface area contributed by atoms with Gasteiger partial charge in [0.15, 0.2) is 5.54 Å². The van der Waals surface area contributed by atoms with E-state index in [9.17, 15) is 0 Å². The molecule has 0 bridgehead atoms. The summed E-state index contributed by atoms with van der Waals surface area (Å²) in [6, 6.07) is 2.42. The van der Waals surface area contributed by atoms with E-state index in [1.165, 1.54) is 57.8 Å². The SMILES string of the molecule is N#CC1([NH3+])CCCCCCCCCCC1.[Cl-]. The van der Waals surface area contributed by atoms with Crippen LogP contribution in [0.1, 0.15) is 70.6 Å². The van der Waals surface area contributed by atoms with E-state index in [4.69, 9.17) is 5.26 Å². The van der Waals surface area contributed by atoms with E-state index in [1.807, 2.05) is 0 Å². The topological polar surface area (TPSA) is 51.4 Å². The maximum absolute atomic E-state index is 9.14. The average Bonchev–Trinajstić information content (AvgIpc) is 2.23. The van der Waals surface area contributed by atoms with E-state index in [-0.39, 0.29) is 17.9 Å². The fraction of sp³-hybridized carbons (Fsp3) is 0.923. The highest BCUT2D eigenvalue weighted by Crippen LogP contribution is 2.20. The molecule has 1 aliphatic rings. The second kappa shape index (κ2) is 8.84. The van der Waals surface area contributed by atoms with Crippen LogP contribution in [-0.4, -0.2) is 5.54 Å². The third-order valence-electron chi connectivity index (χ3n) is 3.55. The van der Waals surface area contributed by atoms with E-state index in [1.54, 1.807) is 0 Å². The van der Waals surface area contributed by atoms with Crippen molar-refractivity contribution in [1.29, 1.82) is 5.26 Å². The summed E-state index contributed by atoms with van der Waals surface area (Å²) < 4.78 is 0. The van der Waals surface area contributed by atoms with Crippen LogP contribution < -0.4 is 18.1 Å². The summed E-state index contributed by atoms with van der Waals surface area (Å²) in [6.07, 6.45) is 13.9. The molecule has 0 aliphatic heterocycles. The van der Waals surface area contributed by atoms with Crippen molar-refractivity contribution in [2.24, 2.45) is 0 Å². The first kappa shape index (κ1) is 15.7. The maximum atomic E-state index is 9.14. The monoisotopic (exact) mass is 244 g/mol. The second-order valence-electron chi connectivity index (χ2n) is 5.07. The number of nitrogens with zero attached hydrogens (tertiary/aromatic N) is 1. The minimum Gasteiger partial charge on any atom is -1.00 e. The first-order valence-electron chi connectivity index (χ1n) is 6.53. The van der Waals surface area contributed by atoms with Crippen molar-refractivity contribution in [2.75, 3.05) is 0 Å². The number of rotatable bonds is 0. The molecular formula is C13H25ClN2. The number of quaternary nitrogens is 1. The lowest BCUT2D eigenvalue weighted by atomic mass is 9.88. The Morgan fingerprint density at radius 2 is 1.06 bits per heavy atom. The molecule has 1 fully saturated rings. The van der Waals surface area contributed by atoms with Crippen molar-refractivity contribution >= 4 is 0 Å². The minimum absolute atomic E-state index is 0. The quantitative estimate of drug-likeness (QED) is 0.631. The highest BCUT2D eigenvalue weighted by molar-refractivity contribution is 4.98. The van der Waals surface area contributed by atoms with Crippen LogP contribution >= 0.6 is 0 Å². The van der Waals surface area contributed by atoms with Gasteiger partial charge in [-0.2, -0.15) is 5.26 Å². The summed E-state index contributed by atoms with van der Waals surface area (Å²) in [5.41, 5.74) is 3.84. The molecule has 2 nitrogen and oxygen atoms in total. The number of hydrogen-bond acceptors (Lipinski definition) is 1. The maximum Gasteiger partial charge on any atom is 0.181 e. The zero-order valence-corrected chi connectivity index (χ0v) is 11.1. The second-order valence-corrected chi connectivity index (χ2v) is 5.07. The van der Waals surface area contributed by atoms with E-state index >= 15 is 0 Å². The molecular weight excluding hydrogens is 220 g/mol. The third-order valence-corrected chi connectivity index (χ3v) is 3.55. The van der Waals surface area contributed by atoms with E-state index in [0.29, 0.717) is 0 Å². The van der Waals surface area contributed by atoms with Gasteiger partial charge in [-0.25, -0.2) is 0 Å². The smallest absolute Gasteiger partial charge is 0.181 e. The fourth-order valence-electron chi connectivity index (χ4n) is 2.40. The zero-order chi connectivity index (χ0) is 11.0. The van der Waals surface area contributed by atoms with E-state index in [2.05, 4.69) is 11.8 Å². The van der Waals surface area contributed by atoms with E-state index < -0.39 is 0 Å². The van der Waals surface area contributed by atoms with Crippen molar-refractivity contribution in [3.05, 3.63) is 0 Å². The Kier molecular flexibility index (Phi) is 8.70. The molecule has 0 heterocycles. The molecule has 0 unspecified atom stereocenters. The first-order chi connectivity index (χ1) is 7.27. The van der Waals surface area contributed by atoms with Crippen molar-refractivity contribution in [2.45, 2.75) is 76.2 Å². The Balaban J connectivity index is 0.00000225. The van der Waals surface area contributed by atoms with Crippen molar-refractivity contribution in [1.82, 2.24) is 0 Å². The van der Waals surface area contributed by atoms with Gasteiger partial charge in [-0.15, -0.1) is 0 Å². The van der Waals surface area contributed by atoms with Gasteiger partial charge in [-0.3, -0.25) is 0 Å². The molecule has 0 saturated heterocycles. The van der Waals surface area contributed by atoms with Crippen LogP contribution in [0.2, 0.25) is 0 Å². The minimum atomic E-state index is -0.279. The molecule has 0 aromatic rings. The Hall–Kier alpha value is -0.260. The van der Waals surface area contributed by atoms with Gasteiger partial charge < -0.3 is 18.1 Å². The largest absolute Gasteiger partial charge is 1.00 e. The molecule has 0 aromatic heterocycles. The van der Waals surface area contributed by atoms with Gasteiger partial charge in [0.05, 0.1) is 0 Å². The molecule has 0 spiro atoms. The highest BCUT2D eigenvalue weighted by atomic mass is 35.5. The van der Waals surface area contributed by atoms with Crippen molar-refractivity contribution in [3.63, 3.8) is 0 Å². The molecule has 1 aliphatic carbocycles. The summed E-state index contributed by atoms with van der Waals surface area (Å²) >= 11 is 0. The number of halogens is 1. The third kappa shape index (κ3) is 6.35. The van der Waals surface area contributed by atoms with Gasteiger partial charge >= 0.3 is 0 Å². The van der Waals surface area contributed by atoms with Crippen LogP contribution in [0.5, 0.6) is 0 Å². The van der Waals surface area contributed by atoms with Crippen LogP contribution in [-0.2, 0) is 0 Å².